The van der Waals surface area contributed by atoms with Gasteiger partial charge in [0.25, 0.3) is 0 Å². The fourth-order valence-corrected chi connectivity index (χ4v) is 3.53. The summed E-state index contributed by atoms with van der Waals surface area (Å²) in [6.07, 6.45) is 10.2. The molecule has 1 aliphatic carbocycles. The standard InChI is InChI=1S/C15H30N2/c1-3-15-11-16-13(2)12-17(15)10-9-14-7-5-4-6-8-14/h13-16H,3-12H2,1-2H3. The Kier molecular flexibility index (Phi) is 5.30. The van der Waals surface area contributed by atoms with Gasteiger partial charge in [-0.25, -0.2) is 0 Å². The third-order valence-corrected chi connectivity index (χ3v) is 4.75. The maximum absolute atomic E-state index is 3.61. The summed E-state index contributed by atoms with van der Waals surface area (Å²) in [7, 11) is 0. The summed E-state index contributed by atoms with van der Waals surface area (Å²) in [5.74, 6) is 1.03. The summed E-state index contributed by atoms with van der Waals surface area (Å²) in [5, 5.41) is 3.61. The van der Waals surface area contributed by atoms with Crippen molar-refractivity contribution in [3.63, 3.8) is 0 Å². The molecule has 17 heavy (non-hydrogen) atoms. The van der Waals surface area contributed by atoms with E-state index in [2.05, 4.69) is 24.1 Å². The lowest BCUT2D eigenvalue weighted by Crippen LogP contribution is -2.55. The van der Waals surface area contributed by atoms with Crippen LogP contribution in [0.25, 0.3) is 0 Å². The van der Waals surface area contributed by atoms with Gasteiger partial charge in [0.1, 0.15) is 0 Å². The van der Waals surface area contributed by atoms with Crippen LogP contribution in [0.4, 0.5) is 0 Å². The van der Waals surface area contributed by atoms with Crippen LogP contribution >= 0.6 is 0 Å². The molecule has 0 aromatic carbocycles. The van der Waals surface area contributed by atoms with E-state index < -0.39 is 0 Å². The Morgan fingerprint density at radius 2 is 1.94 bits per heavy atom. The van der Waals surface area contributed by atoms with Gasteiger partial charge in [0.2, 0.25) is 0 Å². The molecule has 1 saturated carbocycles. The van der Waals surface area contributed by atoms with Gasteiger partial charge in [0, 0.05) is 25.2 Å². The van der Waals surface area contributed by atoms with E-state index in [4.69, 9.17) is 0 Å². The van der Waals surface area contributed by atoms with Crippen LogP contribution < -0.4 is 5.32 Å². The van der Waals surface area contributed by atoms with Crippen LogP contribution in [0.1, 0.15) is 58.8 Å². The van der Waals surface area contributed by atoms with Crippen LogP contribution in [0.15, 0.2) is 0 Å². The predicted octanol–water partition coefficient (Wildman–Crippen LogP) is 3.03. The molecule has 2 rings (SSSR count). The summed E-state index contributed by atoms with van der Waals surface area (Å²) in [6.45, 7) is 8.44. The van der Waals surface area contributed by atoms with Gasteiger partial charge >= 0.3 is 0 Å². The molecule has 2 aliphatic rings. The Labute approximate surface area is 107 Å². The molecule has 0 aromatic heterocycles. The maximum atomic E-state index is 3.61. The number of hydrogen-bond acceptors (Lipinski definition) is 2. The molecule has 2 fully saturated rings. The quantitative estimate of drug-likeness (QED) is 0.810. The van der Waals surface area contributed by atoms with Crippen LogP contribution in [-0.4, -0.2) is 36.6 Å². The van der Waals surface area contributed by atoms with E-state index in [-0.39, 0.29) is 0 Å². The van der Waals surface area contributed by atoms with Crippen LogP contribution in [0.3, 0.4) is 0 Å². The summed E-state index contributed by atoms with van der Waals surface area (Å²) in [5.41, 5.74) is 0. The Hall–Kier alpha value is -0.0800. The van der Waals surface area contributed by atoms with Crippen molar-refractivity contribution in [1.29, 1.82) is 0 Å². The highest BCUT2D eigenvalue weighted by atomic mass is 15.2. The SMILES string of the molecule is CCC1CNC(C)CN1CCC1CCCCC1. The molecule has 100 valence electrons. The van der Waals surface area contributed by atoms with Crippen LogP contribution in [0, 0.1) is 5.92 Å². The highest BCUT2D eigenvalue weighted by Crippen LogP contribution is 2.27. The molecule has 2 unspecified atom stereocenters. The van der Waals surface area contributed by atoms with Gasteiger partial charge in [-0.1, -0.05) is 39.0 Å². The average Bonchev–Trinajstić information content (AvgIpc) is 2.38. The minimum atomic E-state index is 0.684. The lowest BCUT2D eigenvalue weighted by molar-refractivity contribution is 0.119. The van der Waals surface area contributed by atoms with Crippen molar-refractivity contribution in [2.24, 2.45) is 5.92 Å². The second-order valence-electron chi connectivity index (χ2n) is 6.16. The Balaban J connectivity index is 1.74. The molecule has 1 N–H and O–H groups in total. The van der Waals surface area contributed by atoms with Crippen LogP contribution in [-0.2, 0) is 0 Å². The van der Waals surface area contributed by atoms with E-state index in [0.717, 1.165) is 12.0 Å². The molecule has 0 aromatic rings. The smallest absolute Gasteiger partial charge is 0.0218 e. The van der Waals surface area contributed by atoms with Gasteiger partial charge in [-0.2, -0.15) is 0 Å². The van der Waals surface area contributed by atoms with Gasteiger partial charge < -0.3 is 5.32 Å². The zero-order valence-corrected chi connectivity index (χ0v) is 11.8. The Morgan fingerprint density at radius 3 is 2.65 bits per heavy atom. The number of piperazine rings is 1. The van der Waals surface area contributed by atoms with Gasteiger partial charge in [0.15, 0.2) is 0 Å². The molecule has 0 bridgehead atoms. The predicted molar refractivity (Wildman–Crippen MR) is 74.3 cm³/mol. The van der Waals surface area contributed by atoms with E-state index in [9.17, 15) is 0 Å². The van der Waals surface area contributed by atoms with Crippen LogP contribution in [0.2, 0.25) is 0 Å². The first kappa shape index (κ1) is 13.4. The Bertz CT molecular complexity index is 211. The van der Waals surface area contributed by atoms with Crippen molar-refractivity contribution in [3.05, 3.63) is 0 Å². The first-order valence-corrected chi connectivity index (χ1v) is 7.77. The van der Waals surface area contributed by atoms with E-state index in [1.54, 1.807) is 0 Å². The van der Waals surface area contributed by atoms with E-state index in [0.29, 0.717) is 6.04 Å². The normalized spacial score (nSPS) is 32.8. The van der Waals surface area contributed by atoms with Crippen molar-refractivity contribution in [1.82, 2.24) is 10.2 Å². The fourth-order valence-electron chi connectivity index (χ4n) is 3.53. The molecule has 1 heterocycles. The zero-order valence-electron chi connectivity index (χ0n) is 11.8. The van der Waals surface area contributed by atoms with Gasteiger partial charge in [-0.3, -0.25) is 4.90 Å². The van der Waals surface area contributed by atoms with Gasteiger partial charge in [-0.05, 0) is 32.2 Å². The summed E-state index contributed by atoms with van der Waals surface area (Å²) in [6, 6.07) is 1.47. The fraction of sp³-hybridized carbons (Fsp3) is 1.00. The highest BCUT2D eigenvalue weighted by molar-refractivity contribution is 4.83. The molecule has 0 amide bonds. The maximum Gasteiger partial charge on any atom is 0.0218 e. The summed E-state index contributed by atoms with van der Waals surface area (Å²) < 4.78 is 0. The van der Waals surface area contributed by atoms with Gasteiger partial charge in [0.05, 0.1) is 0 Å². The Morgan fingerprint density at radius 1 is 1.18 bits per heavy atom. The van der Waals surface area contributed by atoms with Crippen molar-refractivity contribution < 1.29 is 0 Å². The van der Waals surface area contributed by atoms with E-state index in [1.165, 1.54) is 64.6 Å². The summed E-state index contributed by atoms with van der Waals surface area (Å²) >= 11 is 0. The first-order valence-electron chi connectivity index (χ1n) is 7.77. The molecule has 1 aliphatic heterocycles. The third kappa shape index (κ3) is 3.96. The third-order valence-electron chi connectivity index (χ3n) is 4.75. The van der Waals surface area contributed by atoms with E-state index >= 15 is 0 Å². The first-order chi connectivity index (χ1) is 8.29. The minimum absolute atomic E-state index is 0.684. The molecule has 1 saturated heterocycles. The number of nitrogens with one attached hydrogen (secondary N) is 1. The van der Waals surface area contributed by atoms with Crippen molar-refractivity contribution in [3.8, 4) is 0 Å². The highest BCUT2D eigenvalue weighted by Gasteiger charge is 2.25. The molecule has 0 radical (unpaired) electrons. The molecular weight excluding hydrogens is 208 g/mol. The second-order valence-corrected chi connectivity index (χ2v) is 6.16. The molecule has 0 spiro atoms. The van der Waals surface area contributed by atoms with Crippen molar-refractivity contribution >= 4 is 0 Å². The number of rotatable bonds is 4. The minimum Gasteiger partial charge on any atom is -0.311 e. The average molecular weight is 238 g/mol. The topological polar surface area (TPSA) is 15.3 Å². The zero-order chi connectivity index (χ0) is 12.1. The van der Waals surface area contributed by atoms with E-state index in [1.807, 2.05) is 0 Å². The molecule has 2 nitrogen and oxygen atoms in total. The lowest BCUT2D eigenvalue weighted by Gasteiger charge is -2.40. The number of hydrogen-bond donors (Lipinski definition) is 1. The molecule has 2 heteroatoms. The van der Waals surface area contributed by atoms with Crippen molar-refractivity contribution in [2.45, 2.75) is 70.9 Å². The molecular formula is C15H30N2. The largest absolute Gasteiger partial charge is 0.311 e. The lowest BCUT2D eigenvalue weighted by atomic mass is 9.86. The van der Waals surface area contributed by atoms with Gasteiger partial charge in [-0.15, -0.1) is 0 Å². The second kappa shape index (κ2) is 6.75. The number of nitrogens with zero attached hydrogens (tertiary/aromatic N) is 1. The van der Waals surface area contributed by atoms with Crippen LogP contribution in [0.5, 0.6) is 0 Å². The molecule has 2 atom stereocenters. The summed E-state index contributed by atoms with van der Waals surface area (Å²) in [4.78, 5) is 2.75. The monoisotopic (exact) mass is 238 g/mol. The van der Waals surface area contributed by atoms with Crippen molar-refractivity contribution in [2.75, 3.05) is 19.6 Å².